The Morgan fingerprint density at radius 1 is 1.38 bits per heavy atom. The highest BCUT2D eigenvalue weighted by Crippen LogP contribution is 2.06. The number of rotatable bonds is 1. The maximum Gasteiger partial charge on any atom is 0.194 e. The Morgan fingerprint density at radius 3 is 2.00 bits per heavy atom. The normalized spacial score (nSPS) is 10.5. The molecular weight excluding hydrogens is 188 g/mol. The molecule has 0 unspecified atom stereocenters. The van der Waals surface area contributed by atoms with Crippen LogP contribution in [0.3, 0.4) is 0 Å². The molecule has 1 heterocycles. The van der Waals surface area contributed by atoms with E-state index in [9.17, 15) is 8.42 Å². The first-order chi connectivity index (χ1) is 5.91. The van der Waals surface area contributed by atoms with Gasteiger partial charge in [-0.05, 0) is 6.92 Å². The Kier molecular flexibility index (Phi) is 4.13. The molecule has 0 radical (unpaired) electrons. The number of hydrogen-bond donors (Lipinski definition) is 0. The Balaban J connectivity index is 0.000000671. The molecule has 0 atom stereocenters. The number of imidazole rings is 1. The van der Waals surface area contributed by atoms with E-state index in [-0.39, 0.29) is 5.03 Å². The van der Waals surface area contributed by atoms with Crippen molar-refractivity contribution in [2.75, 3.05) is 6.26 Å². The summed E-state index contributed by atoms with van der Waals surface area (Å²) >= 11 is 0. The van der Waals surface area contributed by atoms with Crippen LogP contribution >= 0.6 is 0 Å². The molecule has 0 bridgehead atoms. The molecule has 0 N–H and O–H groups in total. The zero-order valence-electron chi connectivity index (χ0n) is 8.70. The molecule has 4 nitrogen and oxygen atoms in total. The van der Waals surface area contributed by atoms with Gasteiger partial charge in [0.25, 0.3) is 0 Å². The molecule has 0 saturated carbocycles. The lowest BCUT2D eigenvalue weighted by molar-refractivity contribution is 0.598. The number of hydrogen-bond acceptors (Lipinski definition) is 3. The summed E-state index contributed by atoms with van der Waals surface area (Å²) < 4.78 is 23.5. The van der Waals surface area contributed by atoms with Gasteiger partial charge in [0.05, 0.1) is 0 Å². The number of sulfone groups is 1. The van der Waals surface area contributed by atoms with Crippen LogP contribution in [0.15, 0.2) is 11.2 Å². The lowest BCUT2D eigenvalue weighted by Gasteiger charge is -1.87. The summed E-state index contributed by atoms with van der Waals surface area (Å²) in [6, 6.07) is 0. The predicted molar refractivity (Wildman–Crippen MR) is 52.4 cm³/mol. The molecule has 0 spiro atoms. The van der Waals surface area contributed by atoms with Gasteiger partial charge in [-0.1, -0.05) is 13.8 Å². The molecule has 0 aliphatic rings. The quantitative estimate of drug-likeness (QED) is 0.689. The Bertz CT molecular complexity index is 346. The molecule has 13 heavy (non-hydrogen) atoms. The van der Waals surface area contributed by atoms with Gasteiger partial charge in [-0.25, -0.2) is 13.4 Å². The predicted octanol–water partition coefficient (Wildman–Crippen LogP) is 1.16. The van der Waals surface area contributed by atoms with Crippen LogP contribution in [0.25, 0.3) is 0 Å². The Hall–Kier alpha value is -0.840. The number of aryl methyl sites for hydroxylation is 2. The number of nitrogens with zero attached hydrogens (tertiary/aromatic N) is 2. The SMILES string of the molecule is CC.Cc1nc(S(C)(=O)=O)cn1C. The van der Waals surface area contributed by atoms with Crippen molar-refractivity contribution < 1.29 is 8.42 Å². The number of aromatic nitrogens is 2. The zero-order valence-corrected chi connectivity index (χ0v) is 9.51. The molecule has 76 valence electrons. The molecule has 0 aliphatic heterocycles. The topological polar surface area (TPSA) is 52.0 Å². The van der Waals surface area contributed by atoms with Crippen LogP contribution in [-0.2, 0) is 16.9 Å². The van der Waals surface area contributed by atoms with Crippen LogP contribution in [0.2, 0.25) is 0 Å². The Morgan fingerprint density at radius 2 is 1.85 bits per heavy atom. The van der Waals surface area contributed by atoms with Gasteiger partial charge < -0.3 is 4.57 Å². The first kappa shape index (κ1) is 12.2. The fourth-order valence-electron chi connectivity index (χ4n) is 0.705. The smallest absolute Gasteiger partial charge is 0.194 e. The van der Waals surface area contributed by atoms with Crippen molar-refractivity contribution in [1.29, 1.82) is 0 Å². The average Bonchev–Trinajstić information content (AvgIpc) is 2.35. The summed E-state index contributed by atoms with van der Waals surface area (Å²) in [5.41, 5.74) is 0. The molecule has 0 saturated heterocycles. The molecule has 0 amide bonds. The highest BCUT2D eigenvalue weighted by molar-refractivity contribution is 7.90. The highest BCUT2D eigenvalue weighted by Gasteiger charge is 2.11. The van der Waals surface area contributed by atoms with Gasteiger partial charge in [-0.2, -0.15) is 0 Å². The summed E-state index contributed by atoms with van der Waals surface area (Å²) in [6.07, 6.45) is 2.65. The van der Waals surface area contributed by atoms with Gasteiger partial charge >= 0.3 is 0 Å². The second kappa shape index (κ2) is 4.41. The maximum absolute atomic E-state index is 10.9. The summed E-state index contributed by atoms with van der Waals surface area (Å²) in [5, 5.41) is 0.137. The van der Waals surface area contributed by atoms with Crippen molar-refractivity contribution >= 4 is 9.84 Å². The van der Waals surface area contributed by atoms with Crippen LogP contribution in [-0.4, -0.2) is 24.2 Å². The second-order valence-corrected chi connectivity index (χ2v) is 4.47. The van der Waals surface area contributed by atoms with Crippen molar-refractivity contribution in [2.45, 2.75) is 25.8 Å². The lowest BCUT2D eigenvalue weighted by Crippen LogP contribution is -1.96. The van der Waals surface area contributed by atoms with Crippen LogP contribution < -0.4 is 0 Å². The van der Waals surface area contributed by atoms with E-state index >= 15 is 0 Å². The van der Waals surface area contributed by atoms with E-state index in [0.29, 0.717) is 5.82 Å². The molecule has 0 fully saturated rings. The molecule has 0 aromatic carbocycles. The minimum absolute atomic E-state index is 0.137. The van der Waals surface area contributed by atoms with Crippen molar-refractivity contribution in [2.24, 2.45) is 7.05 Å². The highest BCUT2D eigenvalue weighted by atomic mass is 32.2. The second-order valence-electron chi connectivity index (χ2n) is 2.51. The van der Waals surface area contributed by atoms with Crippen LogP contribution in [0.1, 0.15) is 19.7 Å². The lowest BCUT2D eigenvalue weighted by atomic mass is 10.7. The standard InChI is InChI=1S/C6H10N2O2S.C2H6/c1-5-7-6(4-8(5)2)11(3,9)10;1-2/h4H,1-3H3;1-2H3. The van der Waals surface area contributed by atoms with Crippen molar-refractivity contribution in [3.8, 4) is 0 Å². The van der Waals surface area contributed by atoms with E-state index < -0.39 is 9.84 Å². The summed E-state index contributed by atoms with van der Waals surface area (Å²) in [4.78, 5) is 3.86. The van der Waals surface area contributed by atoms with Crippen molar-refractivity contribution in [3.63, 3.8) is 0 Å². The van der Waals surface area contributed by atoms with Crippen LogP contribution in [0.5, 0.6) is 0 Å². The fraction of sp³-hybridized carbons (Fsp3) is 0.625. The summed E-state index contributed by atoms with van der Waals surface area (Å²) in [7, 11) is -1.38. The zero-order chi connectivity index (χ0) is 10.6. The van der Waals surface area contributed by atoms with E-state index in [1.807, 2.05) is 13.8 Å². The molecule has 1 aromatic heterocycles. The molecule has 1 rings (SSSR count). The monoisotopic (exact) mass is 204 g/mol. The molecular formula is C8H16N2O2S. The van der Waals surface area contributed by atoms with Gasteiger partial charge in [0, 0.05) is 19.5 Å². The van der Waals surface area contributed by atoms with E-state index in [0.717, 1.165) is 6.26 Å². The molecule has 5 heteroatoms. The molecule has 1 aromatic rings. The van der Waals surface area contributed by atoms with Gasteiger partial charge in [-0.15, -0.1) is 0 Å². The third-order valence-electron chi connectivity index (χ3n) is 1.47. The van der Waals surface area contributed by atoms with E-state index in [1.165, 1.54) is 6.20 Å². The van der Waals surface area contributed by atoms with Crippen molar-refractivity contribution in [1.82, 2.24) is 9.55 Å². The van der Waals surface area contributed by atoms with Gasteiger partial charge in [0.2, 0.25) is 0 Å². The van der Waals surface area contributed by atoms with E-state index in [2.05, 4.69) is 4.98 Å². The Labute approximate surface area is 79.5 Å². The fourth-order valence-corrected chi connectivity index (χ4v) is 1.35. The van der Waals surface area contributed by atoms with Crippen molar-refractivity contribution in [3.05, 3.63) is 12.0 Å². The van der Waals surface area contributed by atoms with Gasteiger partial charge in [0.1, 0.15) is 5.82 Å². The molecule has 0 aliphatic carbocycles. The average molecular weight is 204 g/mol. The maximum atomic E-state index is 10.9. The van der Waals surface area contributed by atoms with E-state index in [4.69, 9.17) is 0 Å². The third-order valence-corrected chi connectivity index (χ3v) is 2.42. The van der Waals surface area contributed by atoms with Gasteiger partial charge in [0.15, 0.2) is 14.9 Å². The first-order valence-electron chi connectivity index (χ1n) is 4.11. The largest absolute Gasteiger partial charge is 0.337 e. The van der Waals surface area contributed by atoms with Gasteiger partial charge in [-0.3, -0.25) is 0 Å². The van der Waals surface area contributed by atoms with E-state index in [1.54, 1.807) is 18.5 Å². The minimum Gasteiger partial charge on any atom is -0.337 e. The first-order valence-corrected chi connectivity index (χ1v) is 6.00. The van der Waals surface area contributed by atoms with Crippen LogP contribution in [0, 0.1) is 6.92 Å². The van der Waals surface area contributed by atoms with Crippen LogP contribution in [0.4, 0.5) is 0 Å². The minimum atomic E-state index is -3.14. The third kappa shape index (κ3) is 3.18. The summed E-state index contributed by atoms with van der Waals surface area (Å²) in [5.74, 6) is 0.699. The summed E-state index contributed by atoms with van der Waals surface area (Å²) in [6.45, 7) is 5.76.